The van der Waals surface area contributed by atoms with E-state index < -0.39 is 0 Å². The van der Waals surface area contributed by atoms with Gasteiger partial charge in [-0.1, -0.05) is 31.0 Å². The molecule has 0 saturated heterocycles. The molecular formula is C20H20N4O. The van der Waals surface area contributed by atoms with Gasteiger partial charge in [-0.2, -0.15) is 0 Å². The molecule has 1 saturated carbocycles. The molecule has 5 nitrogen and oxygen atoms in total. The highest BCUT2D eigenvalue weighted by Crippen LogP contribution is 2.23. The number of carbonyl (C=O) groups excluding carboxylic acids is 1. The molecule has 1 aliphatic carbocycles. The van der Waals surface area contributed by atoms with Gasteiger partial charge < -0.3 is 10.6 Å². The Labute approximate surface area is 146 Å². The molecule has 2 heterocycles. The highest BCUT2D eigenvalue weighted by Gasteiger charge is 2.15. The summed E-state index contributed by atoms with van der Waals surface area (Å²) in [7, 11) is 0. The predicted octanol–water partition coefficient (Wildman–Crippen LogP) is 4.24. The van der Waals surface area contributed by atoms with Crippen molar-refractivity contribution in [2.24, 2.45) is 0 Å². The van der Waals surface area contributed by atoms with Crippen LogP contribution >= 0.6 is 0 Å². The first-order chi connectivity index (χ1) is 12.3. The Hall–Kier alpha value is -2.95. The van der Waals surface area contributed by atoms with Gasteiger partial charge in [0.25, 0.3) is 5.91 Å². The number of pyridine rings is 2. The van der Waals surface area contributed by atoms with Crippen LogP contribution in [0.15, 0.2) is 54.9 Å². The smallest absolute Gasteiger partial charge is 0.274 e. The molecule has 3 aromatic rings. The number of fused-ring (bicyclic) bond motifs is 1. The number of rotatable bonds is 4. The summed E-state index contributed by atoms with van der Waals surface area (Å²) in [5.41, 5.74) is 2.83. The second kappa shape index (κ2) is 6.89. The number of para-hydroxylation sites is 1. The molecule has 0 spiro atoms. The van der Waals surface area contributed by atoms with Gasteiger partial charge in [0.15, 0.2) is 0 Å². The van der Waals surface area contributed by atoms with Crippen LogP contribution in [0.5, 0.6) is 0 Å². The molecule has 0 aliphatic heterocycles. The lowest BCUT2D eigenvalue weighted by Gasteiger charge is -2.13. The molecule has 126 valence electrons. The van der Waals surface area contributed by atoms with Gasteiger partial charge in [0.05, 0.1) is 23.1 Å². The van der Waals surface area contributed by atoms with Gasteiger partial charge in [0, 0.05) is 17.6 Å². The van der Waals surface area contributed by atoms with Crippen LogP contribution in [-0.2, 0) is 0 Å². The van der Waals surface area contributed by atoms with Crippen molar-refractivity contribution in [1.29, 1.82) is 0 Å². The van der Waals surface area contributed by atoms with Gasteiger partial charge in [-0.3, -0.25) is 9.78 Å². The summed E-state index contributed by atoms with van der Waals surface area (Å²) in [5.74, 6) is -0.231. The lowest BCUT2D eigenvalue weighted by Crippen LogP contribution is -2.16. The van der Waals surface area contributed by atoms with E-state index in [-0.39, 0.29) is 5.91 Å². The van der Waals surface area contributed by atoms with Gasteiger partial charge in [-0.05, 0) is 37.1 Å². The minimum absolute atomic E-state index is 0.231. The van der Waals surface area contributed by atoms with Crippen LogP contribution in [0.25, 0.3) is 10.9 Å². The molecule has 1 aliphatic rings. The zero-order valence-corrected chi connectivity index (χ0v) is 13.9. The van der Waals surface area contributed by atoms with Crippen LogP contribution in [0.3, 0.4) is 0 Å². The average Bonchev–Trinajstić information content (AvgIpc) is 3.16. The van der Waals surface area contributed by atoms with Crippen LogP contribution in [0.4, 0.5) is 11.4 Å². The van der Waals surface area contributed by atoms with E-state index >= 15 is 0 Å². The maximum atomic E-state index is 12.5. The molecular weight excluding hydrogens is 312 g/mol. The molecule has 4 rings (SSSR count). The van der Waals surface area contributed by atoms with Gasteiger partial charge in [0.2, 0.25) is 0 Å². The van der Waals surface area contributed by atoms with Crippen LogP contribution < -0.4 is 10.6 Å². The summed E-state index contributed by atoms with van der Waals surface area (Å²) in [4.78, 5) is 21.1. The van der Waals surface area contributed by atoms with E-state index in [1.165, 1.54) is 25.7 Å². The third-order valence-electron chi connectivity index (χ3n) is 4.60. The molecule has 1 amide bonds. The fourth-order valence-corrected chi connectivity index (χ4v) is 3.31. The Kier molecular flexibility index (Phi) is 4.29. The molecule has 0 radical (unpaired) electrons. The van der Waals surface area contributed by atoms with Crippen LogP contribution in [0.1, 0.15) is 36.2 Å². The number of anilines is 2. The average molecular weight is 332 g/mol. The lowest BCUT2D eigenvalue weighted by atomic mass is 10.2. The molecule has 1 fully saturated rings. The summed E-state index contributed by atoms with van der Waals surface area (Å²) < 4.78 is 0. The van der Waals surface area contributed by atoms with E-state index in [9.17, 15) is 4.79 Å². The van der Waals surface area contributed by atoms with Crippen molar-refractivity contribution >= 4 is 28.2 Å². The van der Waals surface area contributed by atoms with Crippen LogP contribution in [0.2, 0.25) is 0 Å². The van der Waals surface area contributed by atoms with Crippen molar-refractivity contribution in [3.05, 3.63) is 60.6 Å². The number of amides is 1. The first kappa shape index (κ1) is 15.6. The Morgan fingerprint density at radius 3 is 2.64 bits per heavy atom. The number of aromatic nitrogens is 2. The SMILES string of the molecule is O=C(Nc1cccc2cccnc12)c1ccc(NC2CCCC2)cn1. The summed E-state index contributed by atoms with van der Waals surface area (Å²) >= 11 is 0. The topological polar surface area (TPSA) is 66.9 Å². The molecule has 2 aromatic heterocycles. The van der Waals surface area contributed by atoms with E-state index in [1.54, 1.807) is 18.5 Å². The Bertz CT molecular complexity index is 880. The molecule has 1 aromatic carbocycles. The van der Waals surface area contributed by atoms with Gasteiger partial charge in [0.1, 0.15) is 5.69 Å². The number of hydrogen-bond donors (Lipinski definition) is 2. The summed E-state index contributed by atoms with van der Waals surface area (Å²) in [6.07, 6.45) is 8.43. The Balaban J connectivity index is 1.48. The Morgan fingerprint density at radius 1 is 1.00 bits per heavy atom. The lowest BCUT2D eigenvalue weighted by molar-refractivity contribution is 0.102. The molecule has 0 atom stereocenters. The zero-order valence-electron chi connectivity index (χ0n) is 13.9. The number of nitrogens with zero attached hydrogens (tertiary/aromatic N) is 2. The van der Waals surface area contributed by atoms with E-state index in [0.29, 0.717) is 17.4 Å². The maximum Gasteiger partial charge on any atom is 0.274 e. The zero-order chi connectivity index (χ0) is 17.1. The second-order valence-corrected chi connectivity index (χ2v) is 6.39. The quantitative estimate of drug-likeness (QED) is 0.750. The molecule has 25 heavy (non-hydrogen) atoms. The highest BCUT2D eigenvalue weighted by atomic mass is 16.1. The minimum atomic E-state index is -0.231. The van der Waals surface area contributed by atoms with Crippen molar-refractivity contribution < 1.29 is 4.79 Å². The summed E-state index contributed by atoms with van der Waals surface area (Å²) in [5, 5.41) is 7.38. The standard InChI is InChI=1S/C20H20N4O/c25-20(24-17-9-3-5-14-6-4-12-21-19(14)17)18-11-10-16(13-22-18)23-15-7-1-2-8-15/h3-6,9-13,15,23H,1-2,7-8H2,(H,24,25). The predicted molar refractivity (Wildman–Crippen MR) is 99.8 cm³/mol. The summed E-state index contributed by atoms with van der Waals surface area (Å²) in [6, 6.07) is 13.8. The van der Waals surface area contributed by atoms with Gasteiger partial charge >= 0.3 is 0 Å². The van der Waals surface area contributed by atoms with E-state index in [2.05, 4.69) is 20.6 Å². The molecule has 0 bridgehead atoms. The number of hydrogen-bond acceptors (Lipinski definition) is 4. The van der Waals surface area contributed by atoms with Crippen molar-refractivity contribution in [2.75, 3.05) is 10.6 Å². The van der Waals surface area contributed by atoms with Crippen molar-refractivity contribution in [2.45, 2.75) is 31.7 Å². The normalized spacial score (nSPS) is 14.6. The van der Waals surface area contributed by atoms with Crippen molar-refractivity contribution in [1.82, 2.24) is 9.97 Å². The van der Waals surface area contributed by atoms with Crippen LogP contribution in [0, 0.1) is 0 Å². The molecule has 2 N–H and O–H groups in total. The van der Waals surface area contributed by atoms with E-state index in [0.717, 1.165) is 16.6 Å². The first-order valence-corrected chi connectivity index (χ1v) is 8.67. The van der Waals surface area contributed by atoms with E-state index in [1.807, 2.05) is 36.4 Å². The van der Waals surface area contributed by atoms with Crippen molar-refractivity contribution in [3.8, 4) is 0 Å². The van der Waals surface area contributed by atoms with Gasteiger partial charge in [-0.15, -0.1) is 0 Å². The maximum absolute atomic E-state index is 12.5. The molecule has 5 heteroatoms. The Morgan fingerprint density at radius 2 is 1.84 bits per heavy atom. The number of carbonyl (C=O) groups is 1. The van der Waals surface area contributed by atoms with Gasteiger partial charge in [-0.25, -0.2) is 4.98 Å². The fourth-order valence-electron chi connectivity index (χ4n) is 3.31. The third kappa shape index (κ3) is 3.45. The van der Waals surface area contributed by atoms with Crippen molar-refractivity contribution in [3.63, 3.8) is 0 Å². The minimum Gasteiger partial charge on any atom is -0.381 e. The van der Waals surface area contributed by atoms with Crippen LogP contribution in [-0.4, -0.2) is 21.9 Å². The fraction of sp³-hybridized carbons (Fsp3) is 0.250. The largest absolute Gasteiger partial charge is 0.381 e. The van der Waals surface area contributed by atoms with E-state index in [4.69, 9.17) is 0 Å². The highest BCUT2D eigenvalue weighted by molar-refractivity contribution is 6.07. The number of nitrogens with one attached hydrogen (secondary N) is 2. The summed E-state index contributed by atoms with van der Waals surface area (Å²) in [6.45, 7) is 0. The number of benzene rings is 1. The molecule has 0 unspecified atom stereocenters. The second-order valence-electron chi connectivity index (χ2n) is 6.39. The monoisotopic (exact) mass is 332 g/mol. The third-order valence-corrected chi connectivity index (χ3v) is 4.60. The first-order valence-electron chi connectivity index (χ1n) is 8.67.